The molecule has 0 atom stereocenters. The number of benzene rings is 3. The third-order valence-corrected chi connectivity index (χ3v) is 10.7. The molecule has 4 aromatic rings. The molecule has 0 bridgehead atoms. The minimum Gasteiger partial charge on any atom is -0.477 e. The number of hydrogen-bond donors (Lipinski definition) is 9. The molecule has 0 aliphatic heterocycles. The molecule has 18 nitrogen and oxygen atoms in total. The molecule has 0 aliphatic carbocycles. The van der Waals surface area contributed by atoms with Crippen molar-refractivity contribution in [3.63, 3.8) is 0 Å². The maximum atomic E-state index is 11.5. The van der Waals surface area contributed by atoms with Gasteiger partial charge >= 0.3 is 35.8 Å². The lowest BCUT2D eigenvalue weighted by atomic mass is 9.86. The number of carboxylic acids is 6. The second-order valence-electron chi connectivity index (χ2n) is 20.5. The highest BCUT2D eigenvalue weighted by Crippen LogP contribution is 2.35. The first kappa shape index (κ1) is 65.1. The Labute approximate surface area is 440 Å². The summed E-state index contributed by atoms with van der Waals surface area (Å²) in [7, 11) is 0. The van der Waals surface area contributed by atoms with E-state index in [0.717, 1.165) is 16.7 Å². The Hall–Kier alpha value is -7.89. The lowest BCUT2D eigenvalue weighted by molar-refractivity contribution is -0.142. The quantitative estimate of drug-likeness (QED) is 0.0162. The summed E-state index contributed by atoms with van der Waals surface area (Å²) in [6.45, 7) is 23.9. The number of aromatic nitrogens is 3. The summed E-state index contributed by atoms with van der Waals surface area (Å²) < 4.78 is 0. The Kier molecular flexibility index (Phi) is 27.5. The second kappa shape index (κ2) is 31.6. The molecular weight excluding hydrogens is 961 g/mol. The highest BCUT2D eigenvalue weighted by atomic mass is 16.4. The summed E-state index contributed by atoms with van der Waals surface area (Å²) in [6, 6.07) is 17.4. The van der Waals surface area contributed by atoms with Crippen LogP contribution in [0, 0.1) is 35.5 Å². The highest BCUT2D eigenvalue weighted by molar-refractivity contribution is 6.20. The first-order valence-electron chi connectivity index (χ1n) is 24.7. The summed E-state index contributed by atoms with van der Waals surface area (Å²) in [5.74, 6) is -7.09. The largest absolute Gasteiger partial charge is 0.477 e. The number of hydrogen-bond acceptors (Lipinski definition) is 12. The Morgan fingerprint density at radius 1 is 0.387 bits per heavy atom. The summed E-state index contributed by atoms with van der Waals surface area (Å²) in [5, 5.41) is 66.2. The summed E-state index contributed by atoms with van der Waals surface area (Å²) in [4.78, 5) is 68.8. The number of aliphatic carboxylic acids is 6. The fourth-order valence-electron chi connectivity index (χ4n) is 8.07. The van der Waals surface area contributed by atoms with Gasteiger partial charge in [0.1, 0.15) is 16.7 Å². The van der Waals surface area contributed by atoms with Crippen LogP contribution in [0.15, 0.2) is 89.8 Å². The van der Waals surface area contributed by atoms with Crippen LogP contribution in [-0.2, 0) is 48.0 Å². The van der Waals surface area contributed by atoms with Gasteiger partial charge in [-0.1, -0.05) is 101 Å². The molecule has 1 heterocycles. The van der Waals surface area contributed by atoms with Crippen LogP contribution in [-0.4, -0.2) is 81.9 Å². The van der Waals surface area contributed by atoms with E-state index < -0.39 is 52.5 Å². The molecule has 1 aromatic heterocycles. The van der Waals surface area contributed by atoms with E-state index in [1.165, 1.54) is 0 Å². The molecule has 0 fully saturated rings. The SMILES string of the molecule is CC(C)CC(=C(C(=O)O)C(=O)O)c1ccc(N)cc1CC(C)C.CC(C)CC(=C(C(=O)O)C(=O)O)c1ccc(N)cc1CC(C)C.CC(C)CC(=C(C(=O)O)C(=O)O)c1ccc(N)cc1CC(C)C.c1cnnnc1. The number of nitrogen functional groups attached to an aromatic ring is 3. The van der Waals surface area contributed by atoms with E-state index >= 15 is 0 Å². The van der Waals surface area contributed by atoms with Crippen LogP contribution < -0.4 is 17.2 Å². The van der Waals surface area contributed by atoms with Gasteiger partial charge in [-0.2, -0.15) is 0 Å². The van der Waals surface area contributed by atoms with Crippen molar-refractivity contribution in [3.05, 3.63) is 123 Å². The van der Waals surface area contributed by atoms with Gasteiger partial charge in [0.05, 0.1) is 12.4 Å². The normalized spacial score (nSPS) is 10.6. The van der Waals surface area contributed by atoms with Crippen LogP contribution in [0.4, 0.5) is 17.1 Å². The predicted molar refractivity (Wildman–Crippen MR) is 293 cm³/mol. The van der Waals surface area contributed by atoms with E-state index in [1.54, 1.807) is 73.1 Å². The fourth-order valence-corrected chi connectivity index (χ4v) is 8.07. The number of nitrogens with two attached hydrogens (primary N) is 3. The van der Waals surface area contributed by atoms with Crippen molar-refractivity contribution in [2.45, 2.75) is 122 Å². The maximum Gasteiger partial charge on any atom is 0.343 e. The van der Waals surface area contributed by atoms with Gasteiger partial charge in [-0.05, 0) is 172 Å². The molecule has 0 unspecified atom stereocenters. The predicted octanol–water partition coefficient (Wildman–Crippen LogP) is 10.2. The average molecular weight is 1040 g/mol. The molecule has 0 amide bonds. The van der Waals surface area contributed by atoms with Crippen LogP contribution in [0.1, 0.15) is 136 Å². The number of rotatable bonds is 21. The van der Waals surface area contributed by atoms with Crippen molar-refractivity contribution in [1.29, 1.82) is 0 Å². The molecule has 4 rings (SSSR count). The third kappa shape index (κ3) is 22.8. The van der Waals surface area contributed by atoms with Crippen LogP contribution in [0.2, 0.25) is 0 Å². The molecule has 408 valence electrons. The maximum absolute atomic E-state index is 11.5. The molecule has 18 heteroatoms. The standard InChI is InChI=1S/3C18H25NO4.C3H3N3/c3*1-10(2)7-12-9-13(19)5-6-14(12)15(8-11(3)4)16(17(20)21)18(22)23;1-2-4-6-5-3-1/h3*5-6,9-11H,7-8,19H2,1-4H3,(H,20,21)(H,22,23);1-3H. The smallest absolute Gasteiger partial charge is 0.343 e. The van der Waals surface area contributed by atoms with Crippen LogP contribution in [0.25, 0.3) is 16.7 Å². The van der Waals surface area contributed by atoms with Crippen molar-refractivity contribution in [2.75, 3.05) is 17.2 Å². The minimum absolute atomic E-state index is 0.128. The number of nitrogens with zero attached hydrogens (tertiary/aromatic N) is 3. The van der Waals surface area contributed by atoms with Gasteiger partial charge in [-0.25, -0.2) is 28.8 Å². The van der Waals surface area contributed by atoms with Gasteiger partial charge in [0.15, 0.2) is 0 Å². The van der Waals surface area contributed by atoms with Crippen molar-refractivity contribution in [3.8, 4) is 0 Å². The molecule has 0 aliphatic rings. The van der Waals surface area contributed by atoms with Gasteiger partial charge < -0.3 is 47.8 Å². The van der Waals surface area contributed by atoms with Crippen molar-refractivity contribution < 1.29 is 59.4 Å². The molecule has 0 radical (unpaired) electrons. The van der Waals surface area contributed by atoms with Crippen LogP contribution in [0.5, 0.6) is 0 Å². The van der Waals surface area contributed by atoms with E-state index in [2.05, 4.69) is 15.4 Å². The van der Waals surface area contributed by atoms with E-state index in [1.807, 2.05) is 83.1 Å². The lowest BCUT2D eigenvalue weighted by Crippen LogP contribution is -2.16. The van der Waals surface area contributed by atoms with Gasteiger partial charge in [0.25, 0.3) is 0 Å². The lowest BCUT2D eigenvalue weighted by Gasteiger charge is -2.18. The van der Waals surface area contributed by atoms with Crippen molar-refractivity contribution in [1.82, 2.24) is 15.4 Å². The number of carbonyl (C=O) groups is 6. The molecule has 12 N–H and O–H groups in total. The Morgan fingerprint density at radius 2 is 0.613 bits per heavy atom. The van der Waals surface area contributed by atoms with Crippen molar-refractivity contribution >= 4 is 69.6 Å². The van der Waals surface area contributed by atoms with E-state index in [0.29, 0.717) is 107 Å². The van der Waals surface area contributed by atoms with Crippen molar-refractivity contribution in [2.24, 2.45) is 35.5 Å². The Bertz CT molecular complexity index is 2350. The van der Waals surface area contributed by atoms with E-state index in [4.69, 9.17) is 17.2 Å². The van der Waals surface area contributed by atoms with Gasteiger partial charge in [0, 0.05) is 17.1 Å². The first-order chi connectivity index (χ1) is 34.9. The Morgan fingerprint density at radius 3 is 0.760 bits per heavy atom. The third-order valence-electron chi connectivity index (χ3n) is 10.7. The fraction of sp³-hybridized carbons (Fsp3) is 0.421. The van der Waals surface area contributed by atoms with E-state index in [-0.39, 0.29) is 17.8 Å². The number of carboxylic acid groups (broad SMARTS) is 6. The molecule has 0 saturated heterocycles. The first-order valence-corrected chi connectivity index (χ1v) is 24.7. The molecule has 0 spiro atoms. The van der Waals surface area contributed by atoms with Crippen LogP contribution in [0.3, 0.4) is 0 Å². The van der Waals surface area contributed by atoms with E-state index in [9.17, 15) is 59.4 Å². The summed E-state index contributed by atoms with van der Waals surface area (Å²) in [5.41, 5.74) is 23.4. The van der Waals surface area contributed by atoms with Gasteiger partial charge in [0.2, 0.25) is 0 Å². The zero-order valence-corrected chi connectivity index (χ0v) is 45.3. The Balaban J connectivity index is 0.000000530. The monoisotopic (exact) mass is 1040 g/mol. The zero-order chi connectivity index (χ0) is 57.4. The molecule has 75 heavy (non-hydrogen) atoms. The summed E-state index contributed by atoms with van der Waals surface area (Å²) >= 11 is 0. The molecule has 0 saturated carbocycles. The number of allylic oxidation sites excluding steroid dienone is 3. The highest BCUT2D eigenvalue weighted by Gasteiger charge is 2.28. The van der Waals surface area contributed by atoms with Gasteiger partial charge in [-0.15, -0.1) is 10.2 Å². The minimum atomic E-state index is -1.42. The average Bonchev–Trinajstić information content (AvgIpc) is 3.25. The molecule has 3 aromatic carbocycles. The van der Waals surface area contributed by atoms with Crippen LogP contribution >= 0.6 is 0 Å². The summed E-state index contributed by atoms with van der Waals surface area (Å²) in [6.07, 6.45) is 6.40. The number of anilines is 3. The second-order valence-corrected chi connectivity index (χ2v) is 20.5. The molecular formula is C57H78N6O12. The topological polar surface area (TPSA) is 341 Å². The zero-order valence-electron chi connectivity index (χ0n) is 45.3. The van der Waals surface area contributed by atoms with Gasteiger partial charge in [-0.3, -0.25) is 0 Å².